The monoisotopic (exact) mass is 235 g/mol. The van der Waals surface area contributed by atoms with Crippen LogP contribution in [-0.4, -0.2) is 35.0 Å². The number of nitrogens with zero attached hydrogens (tertiary/aromatic N) is 3. The highest BCUT2D eigenvalue weighted by Crippen LogP contribution is 2.17. The minimum atomic E-state index is -0.402. The zero-order valence-corrected chi connectivity index (χ0v) is 9.35. The van der Waals surface area contributed by atoms with Crippen molar-refractivity contribution in [3.05, 3.63) is 35.9 Å². The third-order valence-electron chi connectivity index (χ3n) is 2.10. The molecule has 0 spiro atoms. The smallest absolute Gasteiger partial charge is 0.294 e. The van der Waals surface area contributed by atoms with Crippen LogP contribution < -0.4 is 0 Å². The van der Waals surface area contributed by atoms with Crippen LogP contribution in [0.3, 0.4) is 0 Å². The van der Waals surface area contributed by atoms with Crippen LogP contribution in [0.5, 0.6) is 0 Å². The number of halogens is 1. The number of hydrogen-bond donors (Lipinski definition) is 0. The lowest BCUT2D eigenvalue weighted by Crippen LogP contribution is -2.22. The van der Waals surface area contributed by atoms with E-state index >= 15 is 0 Å². The van der Waals surface area contributed by atoms with Gasteiger partial charge in [-0.3, -0.25) is 4.79 Å². The van der Waals surface area contributed by atoms with Crippen molar-refractivity contribution >= 4 is 5.91 Å². The minimum Gasteiger partial charge on any atom is -0.342 e. The van der Waals surface area contributed by atoms with Crippen molar-refractivity contribution in [2.75, 3.05) is 14.1 Å². The predicted octanol–water partition coefficient (Wildman–Crippen LogP) is 1.58. The molecule has 0 unspecified atom stereocenters. The average molecular weight is 235 g/mol. The molecule has 6 heteroatoms. The Morgan fingerprint density at radius 1 is 1.41 bits per heavy atom. The van der Waals surface area contributed by atoms with E-state index in [4.69, 9.17) is 4.52 Å². The zero-order valence-electron chi connectivity index (χ0n) is 9.35. The highest BCUT2D eigenvalue weighted by molar-refractivity contribution is 5.90. The molecule has 1 aromatic carbocycles. The van der Waals surface area contributed by atoms with Gasteiger partial charge in [0.05, 0.1) is 0 Å². The summed E-state index contributed by atoms with van der Waals surface area (Å²) in [6.45, 7) is 0. The molecule has 0 aliphatic heterocycles. The van der Waals surface area contributed by atoms with Gasteiger partial charge in [-0.2, -0.15) is 4.98 Å². The summed E-state index contributed by atoms with van der Waals surface area (Å²) >= 11 is 0. The first-order valence-electron chi connectivity index (χ1n) is 4.89. The van der Waals surface area contributed by atoms with Gasteiger partial charge in [0.25, 0.3) is 17.6 Å². The summed E-state index contributed by atoms with van der Waals surface area (Å²) in [6, 6.07) is 5.73. The molecule has 0 radical (unpaired) electrons. The number of aromatic nitrogens is 2. The molecule has 0 N–H and O–H groups in total. The standard InChI is InChI=1S/C11H10FN3O2/c1-15(2)11(16)9-13-10(17-14-9)7-4-3-5-8(12)6-7/h3-6H,1-2H3. The van der Waals surface area contributed by atoms with Crippen LogP contribution in [0.4, 0.5) is 4.39 Å². The molecule has 1 heterocycles. The van der Waals surface area contributed by atoms with Crippen LogP contribution in [-0.2, 0) is 0 Å². The Labute approximate surface area is 96.9 Å². The molecule has 0 aliphatic carbocycles. The number of benzene rings is 1. The molecule has 0 saturated carbocycles. The van der Waals surface area contributed by atoms with Crippen molar-refractivity contribution < 1.29 is 13.7 Å². The number of carbonyl (C=O) groups excluding carboxylic acids is 1. The van der Waals surface area contributed by atoms with Crippen LogP contribution in [0.1, 0.15) is 10.6 Å². The Hall–Kier alpha value is -2.24. The van der Waals surface area contributed by atoms with Gasteiger partial charge in [-0.05, 0) is 18.2 Å². The fraction of sp³-hybridized carbons (Fsp3) is 0.182. The van der Waals surface area contributed by atoms with E-state index in [1.165, 1.54) is 23.1 Å². The average Bonchev–Trinajstić information content (AvgIpc) is 2.77. The first kappa shape index (κ1) is 11.3. The normalized spacial score (nSPS) is 10.3. The van der Waals surface area contributed by atoms with Crippen LogP contribution in [0.15, 0.2) is 28.8 Å². The lowest BCUT2D eigenvalue weighted by atomic mass is 10.2. The third-order valence-corrected chi connectivity index (χ3v) is 2.10. The van der Waals surface area contributed by atoms with E-state index in [1.807, 2.05) is 0 Å². The Balaban J connectivity index is 2.33. The first-order chi connectivity index (χ1) is 8.08. The lowest BCUT2D eigenvalue weighted by Gasteiger charge is -2.04. The van der Waals surface area contributed by atoms with E-state index in [-0.39, 0.29) is 17.6 Å². The molecule has 2 aromatic rings. The molecule has 0 bridgehead atoms. The Morgan fingerprint density at radius 3 is 2.82 bits per heavy atom. The topological polar surface area (TPSA) is 59.2 Å². The Bertz CT molecular complexity index is 551. The van der Waals surface area contributed by atoms with Gasteiger partial charge < -0.3 is 9.42 Å². The summed E-state index contributed by atoms with van der Waals surface area (Å²) < 4.78 is 17.9. The summed E-state index contributed by atoms with van der Waals surface area (Å²) in [6.07, 6.45) is 0. The van der Waals surface area contributed by atoms with Crippen LogP contribution >= 0.6 is 0 Å². The quantitative estimate of drug-likeness (QED) is 0.792. The van der Waals surface area contributed by atoms with Gasteiger partial charge >= 0.3 is 0 Å². The van der Waals surface area contributed by atoms with E-state index in [0.29, 0.717) is 5.56 Å². The maximum atomic E-state index is 13.0. The fourth-order valence-electron chi connectivity index (χ4n) is 1.25. The van der Waals surface area contributed by atoms with E-state index in [9.17, 15) is 9.18 Å². The second-order valence-corrected chi connectivity index (χ2v) is 3.63. The van der Waals surface area contributed by atoms with Gasteiger partial charge in [-0.25, -0.2) is 4.39 Å². The molecule has 88 valence electrons. The van der Waals surface area contributed by atoms with Gasteiger partial charge in [-0.1, -0.05) is 11.2 Å². The van der Waals surface area contributed by atoms with E-state index in [0.717, 1.165) is 0 Å². The number of hydrogen-bond acceptors (Lipinski definition) is 4. The maximum Gasteiger partial charge on any atom is 0.294 e. The second kappa shape index (κ2) is 4.32. The highest BCUT2D eigenvalue weighted by Gasteiger charge is 2.17. The van der Waals surface area contributed by atoms with Crippen LogP contribution in [0, 0.1) is 5.82 Å². The van der Waals surface area contributed by atoms with E-state index in [2.05, 4.69) is 10.1 Å². The molecule has 0 saturated heterocycles. The molecule has 0 aliphatic rings. The van der Waals surface area contributed by atoms with E-state index in [1.54, 1.807) is 20.2 Å². The lowest BCUT2D eigenvalue weighted by molar-refractivity contribution is 0.0812. The van der Waals surface area contributed by atoms with Crippen molar-refractivity contribution in [3.8, 4) is 11.5 Å². The predicted molar refractivity (Wildman–Crippen MR) is 57.7 cm³/mol. The number of carbonyl (C=O) groups is 1. The van der Waals surface area contributed by atoms with Crippen LogP contribution in [0.2, 0.25) is 0 Å². The summed E-state index contributed by atoms with van der Waals surface area (Å²) in [4.78, 5) is 16.8. The summed E-state index contributed by atoms with van der Waals surface area (Å²) in [5.74, 6) is -0.693. The molecule has 1 aromatic heterocycles. The van der Waals surface area contributed by atoms with Crippen molar-refractivity contribution in [2.24, 2.45) is 0 Å². The van der Waals surface area contributed by atoms with Gasteiger partial charge in [-0.15, -0.1) is 0 Å². The summed E-state index contributed by atoms with van der Waals surface area (Å²) in [5, 5.41) is 3.54. The fourth-order valence-corrected chi connectivity index (χ4v) is 1.25. The van der Waals surface area contributed by atoms with Crippen molar-refractivity contribution in [2.45, 2.75) is 0 Å². The van der Waals surface area contributed by atoms with Gasteiger partial charge in [0.1, 0.15) is 5.82 Å². The largest absolute Gasteiger partial charge is 0.342 e. The molecular weight excluding hydrogens is 225 g/mol. The van der Waals surface area contributed by atoms with Crippen LogP contribution in [0.25, 0.3) is 11.5 Å². The second-order valence-electron chi connectivity index (χ2n) is 3.63. The number of amides is 1. The number of rotatable bonds is 2. The SMILES string of the molecule is CN(C)C(=O)c1noc(-c2cccc(F)c2)n1. The highest BCUT2D eigenvalue weighted by atomic mass is 19.1. The van der Waals surface area contributed by atoms with Crippen molar-refractivity contribution in [1.29, 1.82) is 0 Å². The molecule has 1 amide bonds. The third kappa shape index (κ3) is 2.30. The maximum absolute atomic E-state index is 13.0. The minimum absolute atomic E-state index is 0.0470. The van der Waals surface area contributed by atoms with Crippen molar-refractivity contribution in [1.82, 2.24) is 15.0 Å². The Morgan fingerprint density at radius 2 is 2.18 bits per heavy atom. The van der Waals surface area contributed by atoms with Gasteiger partial charge in [0.2, 0.25) is 0 Å². The van der Waals surface area contributed by atoms with E-state index < -0.39 is 5.82 Å². The molecule has 2 rings (SSSR count). The van der Waals surface area contributed by atoms with Gasteiger partial charge in [0, 0.05) is 19.7 Å². The molecule has 0 atom stereocenters. The van der Waals surface area contributed by atoms with Crippen molar-refractivity contribution in [3.63, 3.8) is 0 Å². The summed E-state index contributed by atoms with van der Waals surface area (Å²) in [5.41, 5.74) is 0.440. The Kier molecular flexibility index (Phi) is 2.86. The molecule has 17 heavy (non-hydrogen) atoms. The molecular formula is C11H10FN3O2. The molecule has 5 nitrogen and oxygen atoms in total. The summed E-state index contributed by atoms with van der Waals surface area (Å²) in [7, 11) is 3.17. The van der Waals surface area contributed by atoms with Gasteiger partial charge in [0.15, 0.2) is 0 Å². The molecule has 0 fully saturated rings. The first-order valence-corrected chi connectivity index (χ1v) is 4.89. The zero-order chi connectivity index (χ0) is 12.4.